The molecule has 11 rings (SSSR count). The largest absolute Gasteiger partial charge is 0.508 e. The summed E-state index contributed by atoms with van der Waals surface area (Å²) in [7, 11) is 0. The van der Waals surface area contributed by atoms with E-state index < -0.39 is 5.41 Å². The second-order valence-corrected chi connectivity index (χ2v) is 22.0. The molecule has 2 fully saturated rings. The van der Waals surface area contributed by atoms with E-state index in [4.69, 9.17) is 24.2 Å². The predicted octanol–water partition coefficient (Wildman–Crippen LogP) is 14.5. The molecule has 9 nitrogen and oxygen atoms in total. The first-order valence-electron chi connectivity index (χ1n) is 28.2. The van der Waals surface area contributed by atoms with Gasteiger partial charge in [-0.05, 0) is 221 Å². The molecule has 0 saturated carbocycles. The van der Waals surface area contributed by atoms with Gasteiger partial charge in [0, 0.05) is 23.9 Å². The Bertz CT molecular complexity index is 3090. The lowest BCUT2D eigenvalue weighted by Crippen LogP contribution is -2.33. The van der Waals surface area contributed by atoms with Gasteiger partial charge in [-0.2, -0.15) is 0 Å². The number of rotatable bonds is 17. The first kappa shape index (κ1) is 53.2. The number of hydrogen-bond donors (Lipinski definition) is 2. The minimum absolute atomic E-state index is 0.232. The quantitative estimate of drug-likeness (QED) is 0.0937. The van der Waals surface area contributed by atoms with Crippen molar-refractivity contribution in [1.29, 1.82) is 0 Å². The molecule has 9 heteroatoms. The molecule has 4 aliphatic rings. The van der Waals surface area contributed by atoms with Crippen molar-refractivity contribution in [2.24, 2.45) is 9.98 Å². The van der Waals surface area contributed by atoms with Gasteiger partial charge >= 0.3 is 0 Å². The number of aromatic hydroxyl groups is 2. The summed E-state index contributed by atoms with van der Waals surface area (Å²) in [5.74, 6) is 3.18. The first-order chi connectivity index (χ1) is 37.6. The van der Waals surface area contributed by atoms with Gasteiger partial charge in [-0.1, -0.05) is 98.0 Å². The van der Waals surface area contributed by atoms with Crippen LogP contribution in [0.25, 0.3) is 0 Å². The highest BCUT2D eigenvalue weighted by atomic mass is 16.5. The molecule has 0 radical (unpaired) electrons. The van der Waals surface area contributed by atoms with Crippen molar-refractivity contribution >= 4 is 22.8 Å². The van der Waals surface area contributed by atoms with Gasteiger partial charge in [0.05, 0.1) is 22.8 Å². The lowest BCUT2D eigenvalue weighted by molar-refractivity contribution is 0.214. The third kappa shape index (κ3) is 13.3. The van der Waals surface area contributed by atoms with Gasteiger partial charge in [0.1, 0.15) is 48.6 Å². The Labute approximate surface area is 456 Å². The lowest BCUT2D eigenvalue weighted by Gasteiger charge is -2.29. The van der Waals surface area contributed by atoms with E-state index in [0.29, 0.717) is 13.2 Å². The van der Waals surface area contributed by atoms with Gasteiger partial charge in [-0.25, -0.2) is 0 Å². The fraction of sp³-hybridized carbons (Fsp3) is 0.353. The van der Waals surface area contributed by atoms with E-state index >= 15 is 0 Å². The van der Waals surface area contributed by atoms with E-state index in [-0.39, 0.29) is 16.9 Å². The number of aryl methyl sites for hydroxylation is 1. The van der Waals surface area contributed by atoms with Crippen LogP contribution in [0.1, 0.15) is 110 Å². The molecule has 0 aliphatic carbocycles. The summed E-state index contributed by atoms with van der Waals surface area (Å²) in [6.45, 7) is 15.4. The Hall–Kier alpha value is -7.20. The normalized spacial score (nSPS) is 19.4. The van der Waals surface area contributed by atoms with E-state index in [2.05, 4.69) is 134 Å². The second-order valence-electron chi connectivity index (χ2n) is 22.0. The molecule has 2 atom stereocenters. The van der Waals surface area contributed by atoms with Crippen LogP contribution in [0.3, 0.4) is 0 Å². The van der Waals surface area contributed by atoms with Crippen LogP contribution in [0.5, 0.6) is 28.7 Å². The Morgan fingerprint density at radius 1 is 0.442 bits per heavy atom. The summed E-state index contributed by atoms with van der Waals surface area (Å²) in [5, 5.41) is 20.0. The van der Waals surface area contributed by atoms with E-state index in [1.54, 1.807) is 18.2 Å². The van der Waals surface area contributed by atoms with Crippen LogP contribution >= 0.6 is 0 Å². The number of fused-ring (bicyclic) bond motifs is 2. The highest BCUT2D eigenvalue weighted by molar-refractivity contribution is 6.13. The smallest absolute Gasteiger partial charge is 0.119 e. The first-order valence-corrected chi connectivity index (χ1v) is 28.2. The van der Waals surface area contributed by atoms with Crippen molar-refractivity contribution < 1.29 is 24.4 Å². The van der Waals surface area contributed by atoms with Gasteiger partial charge in [0.25, 0.3) is 0 Å². The Kier molecular flexibility index (Phi) is 17.2. The van der Waals surface area contributed by atoms with Crippen molar-refractivity contribution in [3.05, 3.63) is 208 Å². The Balaban J connectivity index is 0.000000178. The van der Waals surface area contributed by atoms with Crippen molar-refractivity contribution in [2.45, 2.75) is 102 Å². The molecule has 0 amide bonds. The maximum atomic E-state index is 10.2. The number of hydrogen-bond acceptors (Lipinski definition) is 9. The van der Waals surface area contributed by atoms with Crippen LogP contribution in [0.4, 0.5) is 11.4 Å². The molecule has 2 N–H and O–H groups in total. The van der Waals surface area contributed by atoms with Crippen LogP contribution < -0.4 is 14.2 Å². The molecule has 0 bridgehead atoms. The molecule has 398 valence electrons. The van der Waals surface area contributed by atoms with Crippen molar-refractivity contribution in [3.8, 4) is 28.7 Å². The summed E-state index contributed by atoms with van der Waals surface area (Å²) < 4.78 is 18.3. The standard InChI is InChI=1S/C38H42N2O2.C30H34N2O3/c1-29-12-21-36-35(26-29)38(2,27-30-13-17-33(18-14-30)41-25-24-40-22-8-3-4-9-23-40)37(39-36)32-15-19-34(20-16-32)42-28-31-10-6-5-7-11-31;1-30(21-22-6-13-26(14-7-22)35-19-18-32-16-4-2-3-5-17-32)27-20-25(34)12-15-28(27)31-29(30)23-8-10-24(33)11-9-23/h5-7,10-21,26H,3-4,8-9,22-25,27-28H2,1-2H3;6-15,20,33-34H,2-5,16-19,21H2,1H3. The molecule has 7 aromatic carbocycles. The molecule has 0 spiro atoms. The maximum absolute atomic E-state index is 10.2. The number of phenolic OH excluding ortho intramolecular Hbond substituents is 2. The minimum Gasteiger partial charge on any atom is -0.508 e. The van der Waals surface area contributed by atoms with Crippen LogP contribution in [-0.4, -0.2) is 83.9 Å². The number of phenols is 2. The predicted molar refractivity (Wildman–Crippen MR) is 313 cm³/mol. The van der Waals surface area contributed by atoms with Crippen molar-refractivity contribution in [2.75, 3.05) is 52.5 Å². The SMILES string of the molecule is CC1(Cc2ccc(OCCN3CCCCCC3)cc2)C(c2ccc(O)cc2)=Nc2ccc(O)cc21.Cc1ccc2c(c1)C(C)(Cc1ccc(OCCN3CCCCCC3)cc1)C(c1ccc(OCc3ccccc3)cc1)=N2. The third-order valence-corrected chi connectivity index (χ3v) is 16.1. The molecule has 4 heterocycles. The summed E-state index contributed by atoms with van der Waals surface area (Å²) in [6, 6.07) is 54.9. The van der Waals surface area contributed by atoms with E-state index in [0.717, 1.165) is 94.8 Å². The van der Waals surface area contributed by atoms with Gasteiger partial charge in [0.2, 0.25) is 0 Å². The zero-order valence-electron chi connectivity index (χ0n) is 45.4. The monoisotopic (exact) mass is 1030 g/mol. The lowest BCUT2D eigenvalue weighted by atomic mass is 9.72. The number of likely N-dealkylation sites (tertiary alicyclic amines) is 2. The van der Waals surface area contributed by atoms with Gasteiger partial charge < -0.3 is 24.4 Å². The molecule has 4 aliphatic heterocycles. The summed E-state index contributed by atoms with van der Waals surface area (Å²) in [6.07, 6.45) is 12.2. The average molecular weight is 1030 g/mol. The van der Waals surface area contributed by atoms with Gasteiger partial charge in [-0.3, -0.25) is 19.8 Å². The van der Waals surface area contributed by atoms with Gasteiger partial charge in [0.15, 0.2) is 0 Å². The molecule has 77 heavy (non-hydrogen) atoms. The van der Waals surface area contributed by atoms with Crippen molar-refractivity contribution in [3.63, 3.8) is 0 Å². The van der Waals surface area contributed by atoms with Crippen molar-refractivity contribution in [1.82, 2.24) is 9.80 Å². The van der Waals surface area contributed by atoms with E-state index in [9.17, 15) is 10.2 Å². The molecule has 2 saturated heterocycles. The highest BCUT2D eigenvalue weighted by Crippen LogP contribution is 2.47. The maximum Gasteiger partial charge on any atom is 0.119 e. The Morgan fingerprint density at radius 3 is 1.38 bits per heavy atom. The van der Waals surface area contributed by atoms with E-state index in [1.165, 1.54) is 99.8 Å². The zero-order valence-corrected chi connectivity index (χ0v) is 45.4. The topological polar surface area (TPSA) is 99.4 Å². The average Bonchev–Trinajstić information content (AvgIpc) is 3.63. The zero-order chi connectivity index (χ0) is 53.0. The van der Waals surface area contributed by atoms with Gasteiger partial charge in [-0.15, -0.1) is 0 Å². The molecular formula is C68H76N4O5. The van der Waals surface area contributed by atoms with Crippen LogP contribution in [-0.2, 0) is 30.3 Å². The highest BCUT2D eigenvalue weighted by Gasteiger charge is 2.42. The number of nitrogens with zero attached hydrogens (tertiary/aromatic N) is 4. The molecule has 7 aromatic rings. The second kappa shape index (κ2) is 24.9. The number of aliphatic imine (C=N–C) groups is 2. The number of ether oxygens (including phenoxy) is 3. The third-order valence-electron chi connectivity index (χ3n) is 16.1. The number of benzene rings is 7. The minimum atomic E-state index is -0.416. The van der Waals surface area contributed by atoms with E-state index in [1.807, 2.05) is 42.5 Å². The molecule has 2 unspecified atom stereocenters. The fourth-order valence-electron chi connectivity index (χ4n) is 11.7. The molecule has 0 aromatic heterocycles. The summed E-state index contributed by atoms with van der Waals surface area (Å²) in [5.41, 5.74) is 12.6. The van der Waals surface area contributed by atoms with Crippen LogP contribution in [0, 0.1) is 6.92 Å². The summed E-state index contributed by atoms with van der Waals surface area (Å²) >= 11 is 0. The molecular weight excluding hydrogens is 953 g/mol. The van der Waals surface area contributed by atoms with Crippen LogP contribution in [0.15, 0.2) is 174 Å². The Morgan fingerprint density at radius 2 is 0.870 bits per heavy atom. The summed E-state index contributed by atoms with van der Waals surface area (Å²) in [4.78, 5) is 15.2. The fourth-order valence-corrected chi connectivity index (χ4v) is 11.7. The van der Waals surface area contributed by atoms with Crippen LogP contribution in [0.2, 0.25) is 0 Å².